The van der Waals surface area contributed by atoms with Gasteiger partial charge in [0, 0.05) is 43.1 Å². The third-order valence-corrected chi connectivity index (χ3v) is 6.56. The van der Waals surface area contributed by atoms with Crippen molar-refractivity contribution in [2.75, 3.05) is 41.7 Å². The Labute approximate surface area is 230 Å². The fraction of sp³-hybridized carbons (Fsp3) is 0.185. The summed E-state index contributed by atoms with van der Waals surface area (Å²) in [6, 6.07) is 10.2. The maximum absolute atomic E-state index is 14.9. The Kier molecular flexibility index (Phi) is 7.55. The number of carbonyl (C=O) groups excluding carboxylic acids is 2. The number of piperazine rings is 1. The Morgan fingerprint density at radius 1 is 0.925 bits per heavy atom. The fourth-order valence-electron chi connectivity index (χ4n) is 4.24. The van der Waals surface area contributed by atoms with Gasteiger partial charge in [-0.2, -0.15) is 13.2 Å². The van der Waals surface area contributed by atoms with Crippen LogP contribution in [-0.2, 0) is 6.18 Å². The number of urea groups is 1. The maximum atomic E-state index is 14.9. The van der Waals surface area contributed by atoms with E-state index in [2.05, 4.69) is 30.8 Å². The molecule has 3 N–H and O–H groups in total. The first kappa shape index (κ1) is 27.3. The number of halogens is 5. The lowest BCUT2D eigenvalue weighted by molar-refractivity contribution is -0.137. The smallest absolute Gasteiger partial charge is 0.353 e. The number of ketones is 1. The lowest BCUT2D eigenvalue weighted by Gasteiger charge is -2.28. The topological polar surface area (TPSA) is 99.2 Å². The van der Waals surface area contributed by atoms with Crippen molar-refractivity contribution >= 4 is 51.6 Å². The van der Waals surface area contributed by atoms with Gasteiger partial charge in [-0.3, -0.25) is 9.78 Å². The van der Waals surface area contributed by atoms with E-state index in [0.717, 1.165) is 38.3 Å². The predicted octanol–water partition coefficient (Wildman–Crippen LogP) is 5.73. The third-order valence-electron chi connectivity index (χ3n) is 6.23. The summed E-state index contributed by atoms with van der Waals surface area (Å²) in [5, 5.41) is 7.32. The first-order chi connectivity index (χ1) is 19.1. The predicted molar refractivity (Wildman–Crippen MR) is 144 cm³/mol. The number of rotatable bonds is 5. The molecular weight excluding hydrogens is 552 g/mol. The second kappa shape index (κ2) is 11.1. The lowest BCUT2D eigenvalue weighted by Crippen LogP contribution is -2.43. The summed E-state index contributed by atoms with van der Waals surface area (Å²) in [5.41, 5.74) is -0.232. The van der Waals surface area contributed by atoms with E-state index in [0.29, 0.717) is 22.9 Å². The molecule has 0 saturated carbocycles. The van der Waals surface area contributed by atoms with Gasteiger partial charge in [0.2, 0.25) is 0 Å². The molecule has 0 aliphatic carbocycles. The molecular formula is C27H21ClF4N6O2. The van der Waals surface area contributed by atoms with Gasteiger partial charge in [-0.25, -0.2) is 14.2 Å². The molecule has 1 saturated heterocycles. The first-order valence-corrected chi connectivity index (χ1v) is 12.5. The first-order valence-electron chi connectivity index (χ1n) is 12.1. The molecule has 0 radical (unpaired) electrons. The normalized spacial score (nSPS) is 13.8. The standard InChI is InChI=1S/C27H21ClF4N6O2/c28-20-5-3-16(12-19(20)27(30,31)32)35-26(40)36-17-2-4-18(21(29)13-17)25(39)15-1-6-22-23(11-15)37-24(14-34-22)38-9-7-33-8-10-38/h1-6,11-14,33H,7-10H2,(H2,35,36,40). The summed E-state index contributed by atoms with van der Waals surface area (Å²) >= 11 is 5.59. The van der Waals surface area contributed by atoms with Gasteiger partial charge in [0.1, 0.15) is 11.6 Å². The van der Waals surface area contributed by atoms with Gasteiger partial charge in [0.15, 0.2) is 5.78 Å². The zero-order valence-corrected chi connectivity index (χ0v) is 21.4. The summed E-state index contributed by atoms with van der Waals surface area (Å²) in [4.78, 5) is 36.5. The quantitative estimate of drug-likeness (QED) is 0.209. The monoisotopic (exact) mass is 572 g/mol. The van der Waals surface area contributed by atoms with E-state index in [1.54, 1.807) is 18.3 Å². The Balaban J connectivity index is 1.30. The third kappa shape index (κ3) is 5.97. The second-order valence-corrected chi connectivity index (χ2v) is 9.37. The van der Waals surface area contributed by atoms with Gasteiger partial charge in [0.05, 0.1) is 33.4 Å². The van der Waals surface area contributed by atoms with Crippen LogP contribution in [0.1, 0.15) is 21.5 Å². The van der Waals surface area contributed by atoms with Crippen LogP contribution in [0.15, 0.2) is 60.8 Å². The highest BCUT2D eigenvalue weighted by Crippen LogP contribution is 2.36. The fourth-order valence-corrected chi connectivity index (χ4v) is 4.46. The molecule has 1 aromatic heterocycles. The van der Waals surface area contributed by atoms with E-state index in [9.17, 15) is 27.2 Å². The molecule has 40 heavy (non-hydrogen) atoms. The van der Waals surface area contributed by atoms with Gasteiger partial charge in [-0.05, 0) is 54.6 Å². The molecule has 1 aliphatic heterocycles. The van der Waals surface area contributed by atoms with E-state index < -0.39 is 34.4 Å². The summed E-state index contributed by atoms with van der Waals surface area (Å²) < 4.78 is 54.1. The number of aromatic nitrogens is 2. The minimum Gasteiger partial charge on any atom is -0.353 e. The van der Waals surface area contributed by atoms with Crippen molar-refractivity contribution in [1.82, 2.24) is 15.3 Å². The van der Waals surface area contributed by atoms with Gasteiger partial charge in [0.25, 0.3) is 0 Å². The van der Waals surface area contributed by atoms with Crippen LogP contribution in [0.25, 0.3) is 11.0 Å². The highest BCUT2D eigenvalue weighted by atomic mass is 35.5. The molecule has 0 unspecified atom stereocenters. The van der Waals surface area contributed by atoms with Gasteiger partial charge in [-0.1, -0.05) is 11.6 Å². The number of fused-ring (bicyclic) bond motifs is 1. The SMILES string of the molecule is O=C(Nc1ccc(C(=O)c2ccc3ncc(N4CCNCC4)nc3c2)c(F)c1)Nc1ccc(Cl)c(C(F)(F)F)c1. The van der Waals surface area contributed by atoms with Crippen LogP contribution >= 0.6 is 11.6 Å². The average molecular weight is 573 g/mol. The number of benzene rings is 3. The zero-order valence-electron chi connectivity index (χ0n) is 20.6. The summed E-state index contributed by atoms with van der Waals surface area (Å²) in [6.07, 6.45) is -3.03. The molecule has 206 valence electrons. The van der Waals surface area contributed by atoms with Gasteiger partial charge < -0.3 is 20.9 Å². The van der Waals surface area contributed by atoms with Crippen molar-refractivity contribution < 1.29 is 27.2 Å². The van der Waals surface area contributed by atoms with E-state index in [4.69, 9.17) is 11.6 Å². The van der Waals surface area contributed by atoms with Crippen molar-refractivity contribution in [3.63, 3.8) is 0 Å². The van der Waals surface area contributed by atoms with E-state index in [-0.39, 0.29) is 22.5 Å². The molecule has 2 amide bonds. The molecule has 1 aliphatic rings. The Hall–Kier alpha value is -4.29. The number of alkyl halides is 3. The summed E-state index contributed by atoms with van der Waals surface area (Å²) in [6.45, 7) is 3.20. The molecule has 3 aromatic carbocycles. The van der Waals surface area contributed by atoms with Crippen LogP contribution in [0.5, 0.6) is 0 Å². The average Bonchev–Trinajstić information content (AvgIpc) is 2.93. The maximum Gasteiger partial charge on any atom is 0.417 e. The largest absolute Gasteiger partial charge is 0.417 e. The molecule has 5 rings (SSSR count). The molecule has 13 heteroatoms. The van der Waals surface area contributed by atoms with E-state index >= 15 is 0 Å². The number of amides is 2. The Morgan fingerprint density at radius 3 is 2.33 bits per heavy atom. The number of nitrogens with one attached hydrogen (secondary N) is 3. The Morgan fingerprint density at radius 2 is 1.62 bits per heavy atom. The lowest BCUT2D eigenvalue weighted by atomic mass is 10.0. The van der Waals surface area contributed by atoms with Gasteiger partial charge >= 0.3 is 12.2 Å². The molecule has 1 fully saturated rings. The Bertz CT molecular complexity index is 1610. The molecule has 2 heterocycles. The molecule has 8 nitrogen and oxygen atoms in total. The highest BCUT2D eigenvalue weighted by Gasteiger charge is 2.33. The van der Waals surface area contributed by atoms with Crippen molar-refractivity contribution in [3.8, 4) is 0 Å². The van der Waals surface area contributed by atoms with Crippen LogP contribution in [0.3, 0.4) is 0 Å². The minimum absolute atomic E-state index is 0.0124. The molecule has 0 spiro atoms. The van der Waals surface area contributed by atoms with E-state index in [1.165, 1.54) is 24.3 Å². The minimum atomic E-state index is -4.71. The summed E-state index contributed by atoms with van der Waals surface area (Å²) in [7, 11) is 0. The second-order valence-electron chi connectivity index (χ2n) is 8.96. The number of nitrogens with zero attached hydrogens (tertiary/aromatic N) is 3. The number of hydrogen-bond acceptors (Lipinski definition) is 6. The highest BCUT2D eigenvalue weighted by molar-refractivity contribution is 6.31. The number of carbonyl (C=O) groups is 2. The molecule has 4 aromatic rings. The zero-order chi connectivity index (χ0) is 28.4. The van der Waals surface area contributed by atoms with Crippen molar-refractivity contribution in [2.24, 2.45) is 0 Å². The van der Waals surface area contributed by atoms with E-state index in [1.807, 2.05) is 0 Å². The van der Waals surface area contributed by atoms with Crippen molar-refractivity contribution in [1.29, 1.82) is 0 Å². The van der Waals surface area contributed by atoms with Crippen LogP contribution in [0.2, 0.25) is 5.02 Å². The molecule has 0 bridgehead atoms. The van der Waals surface area contributed by atoms with Crippen molar-refractivity contribution in [2.45, 2.75) is 6.18 Å². The van der Waals surface area contributed by atoms with Crippen molar-refractivity contribution in [3.05, 3.63) is 88.3 Å². The summed E-state index contributed by atoms with van der Waals surface area (Å²) in [5.74, 6) is -0.799. The van der Waals surface area contributed by atoms with Crippen LogP contribution in [0.4, 0.5) is 39.5 Å². The van der Waals surface area contributed by atoms with Crippen LogP contribution < -0.4 is 20.9 Å². The number of anilines is 3. The number of hydrogen-bond donors (Lipinski definition) is 3. The van der Waals surface area contributed by atoms with Gasteiger partial charge in [-0.15, -0.1) is 0 Å². The molecule has 0 atom stereocenters. The van der Waals surface area contributed by atoms with Crippen LogP contribution in [0, 0.1) is 5.82 Å². The van der Waals surface area contributed by atoms with Crippen LogP contribution in [-0.4, -0.2) is 48.0 Å².